The van der Waals surface area contributed by atoms with Crippen molar-refractivity contribution in [2.75, 3.05) is 19.8 Å². The van der Waals surface area contributed by atoms with E-state index in [1.165, 1.54) is 0 Å². The smallest absolute Gasteiger partial charge is 0.305 e. The van der Waals surface area contributed by atoms with Gasteiger partial charge in [0.15, 0.2) is 0 Å². The number of aliphatic hydroxyl groups excluding tert-OH is 1. The molecule has 0 amide bonds. The number of rotatable bonds is 11. The maximum atomic E-state index is 11.5. The van der Waals surface area contributed by atoms with Crippen molar-refractivity contribution in [3.8, 4) is 24.7 Å². The van der Waals surface area contributed by atoms with Gasteiger partial charge in [0.25, 0.3) is 0 Å². The second-order valence-corrected chi connectivity index (χ2v) is 5.41. The minimum atomic E-state index is -0.816. The summed E-state index contributed by atoms with van der Waals surface area (Å²) in [5.74, 6) is 4.13. The van der Waals surface area contributed by atoms with Crippen molar-refractivity contribution in [2.45, 2.75) is 45.4 Å². The topological polar surface area (TPSA) is 72.8 Å². The first-order valence-corrected chi connectivity index (χ1v) is 7.26. The Labute approximate surface area is 132 Å². The van der Waals surface area contributed by atoms with Crippen LogP contribution in [0.5, 0.6) is 0 Å². The number of aliphatic hydroxyl groups is 1. The quantitative estimate of drug-likeness (QED) is 0.357. The van der Waals surface area contributed by atoms with Gasteiger partial charge in [-0.25, -0.2) is 0 Å². The monoisotopic (exact) mass is 308 g/mol. The summed E-state index contributed by atoms with van der Waals surface area (Å²) in [6, 6.07) is 0. The number of esters is 2. The van der Waals surface area contributed by atoms with Crippen LogP contribution in [0.15, 0.2) is 0 Å². The molecule has 0 fully saturated rings. The van der Waals surface area contributed by atoms with Crippen LogP contribution in [0.2, 0.25) is 0 Å². The van der Waals surface area contributed by atoms with Crippen molar-refractivity contribution in [3.05, 3.63) is 0 Å². The van der Waals surface area contributed by atoms with Crippen LogP contribution in [0, 0.1) is 30.1 Å². The summed E-state index contributed by atoms with van der Waals surface area (Å²) < 4.78 is 10.2. The first-order chi connectivity index (χ1) is 10.5. The molecule has 0 unspecified atom stereocenters. The highest BCUT2D eigenvalue weighted by Gasteiger charge is 2.27. The van der Waals surface area contributed by atoms with Crippen LogP contribution in [0.4, 0.5) is 0 Å². The SMILES string of the molecule is C#CCCCC(=O)OCC(C)(CO)COC(=O)CCCC#C. The van der Waals surface area contributed by atoms with Gasteiger partial charge in [-0.05, 0) is 12.8 Å². The van der Waals surface area contributed by atoms with Crippen molar-refractivity contribution in [1.82, 2.24) is 0 Å². The third-order valence-electron chi connectivity index (χ3n) is 2.95. The number of hydrogen-bond acceptors (Lipinski definition) is 5. The fourth-order valence-electron chi connectivity index (χ4n) is 1.46. The summed E-state index contributed by atoms with van der Waals surface area (Å²) in [6.45, 7) is 1.38. The molecule has 0 rings (SSSR count). The Morgan fingerprint density at radius 1 is 1.00 bits per heavy atom. The molecule has 22 heavy (non-hydrogen) atoms. The van der Waals surface area contributed by atoms with E-state index >= 15 is 0 Å². The number of hydrogen-bond donors (Lipinski definition) is 1. The molecule has 5 heteroatoms. The Morgan fingerprint density at radius 3 is 1.73 bits per heavy atom. The van der Waals surface area contributed by atoms with Crippen LogP contribution in [-0.4, -0.2) is 36.9 Å². The zero-order valence-corrected chi connectivity index (χ0v) is 13.1. The molecule has 122 valence electrons. The Hall–Kier alpha value is -1.98. The largest absolute Gasteiger partial charge is 0.465 e. The van der Waals surface area contributed by atoms with E-state index in [-0.39, 0.29) is 44.6 Å². The van der Waals surface area contributed by atoms with Crippen LogP contribution in [-0.2, 0) is 19.1 Å². The fourth-order valence-corrected chi connectivity index (χ4v) is 1.46. The molecule has 0 aliphatic carbocycles. The van der Waals surface area contributed by atoms with Crippen LogP contribution < -0.4 is 0 Å². The molecule has 0 heterocycles. The predicted octanol–water partition coefficient (Wildman–Crippen LogP) is 1.68. The summed E-state index contributed by atoms with van der Waals surface area (Å²) >= 11 is 0. The zero-order chi connectivity index (χ0) is 16.8. The number of carbonyl (C=O) groups excluding carboxylic acids is 2. The van der Waals surface area contributed by atoms with Crippen LogP contribution in [0.3, 0.4) is 0 Å². The summed E-state index contributed by atoms with van der Waals surface area (Å²) in [7, 11) is 0. The number of unbranched alkanes of at least 4 members (excludes halogenated alkanes) is 2. The van der Waals surface area contributed by atoms with Gasteiger partial charge in [-0.15, -0.1) is 24.7 Å². The summed E-state index contributed by atoms with van der Waals surface area (Å²) in [4.78, 5) is 23.0. The van der Waals surface area contributed by atoms with Gasteiger partial charge in [0.1, 0.15) is 13.2 Å². The van der Waals surface area contributed by atoms with Crippen molar-refractivity contribution >= 4 is 11.9 Å². The van der Waals surface area contributed by atoms with Gasteiger partial charge >= 0.3 is 11.9 Å². The Balaban J connectivity index is 4.08. The average molecular weight is 308 g/mol. The molecule has 0 atom stereocenters. The third-order valence-corrected chi connectivity index (χ3v) is 2.95. The van der Waals surface area contributed by atoms with Crippen LogP contribution >= 0.6 is 0 Å². The minimum Gasteiger partial charge on any atom is -0.465 e. The van der Waals surface area contributed by atoms with E-state index in [2.05, 4.69) is 11.8 Å². The maximum Gasteiger partial charge on any atom is 0.305 e. The molecule has 0 aliphatic heterocycles. The van der Waals surface area contributed by atoms with Crippen molar-refractivity contribution in [3.63, 3.8) is 0 Å². The molecule has 0 saturated carbocycles. The van der Waals surface area contributed by atoms with E-state index in [4.69, 9.17) is 22.3 Å². The summed E-state index contributed by atoms with van der Waals surface area (Å²) in [5, 5.41) is 9.40. The Bertz CT molecular complexity index is 391. The molecule has 0 radical (unpaired) electrons. The summed E-state index contributed by atoms with van der Waals surface area (Å²) in [6.07, 6.45) is 12.8. The average Bonchev–Trinajstić information content (AvgIpc) is 2.51. The molecule has 0 aliphatic rings. The molecule has 0 aromatic heterocycles. The lowest BCUT2D eigenvalue weighted by Gasteiger charge is -2.26. The van der Waals surface area contributed by atoms with Crippen molar-refractivity contribution < 1.29 is 24.2 Å². The third kappa shape index (κ3) is 9.85. The number of terminal acetylenes is 2. The van der Waals surface area contributed by atoms with Gasteiger partial charge < -0.3 is 14.6 Å². The molecule has 1 N–H and O–H groups in total. The van der Waals surface area contributed by atoms with Crippen molar-refractivity contribution in [2.24, 2.45) is 5.41 Å². The molecule has 0 spiro atoms. The highest BCUT2D eigenvalue weighted by molar-refractivity contribution is 5.69. The minimum absolute atomic E-state index is 0.0178. The Kier molecular flexibility index (Phi) is 10.6. The van der Waals surface area contributed by atoms with Crippen molar-refractivity contribution in [1.29, 1.82) is 0 Å². The molecule has 0 aromatic carbocycles. The summed E-state index contributed by atoms with van der Waals surface area (Å²) in [5.41, 5.74) is -0.816. The first-order valence-electron chi connectivity index (χ1n) is 7.26. The molecule has 0 aromatic rings. The van der Waals surface area contributed by atoms with Gasteiger partial charge in [-0.1, -0.05) is 6.92 Å². The van der Waals surface area contributed by atoms with E-state index in [9.17, 15) is 14.7 Å². The second kappa shape index (κ2) is 11.7. The highest BCUT2D eigenvalue weighted by Crippen LogP contribution is 2.17. The van der Waals surface area contributed by atoms with E-state index in [0.29, 0.717) is 25.7 Å². The zero-order valence-electron chi connectivity index (χ0n) is 13.1. The number of carbonyl (C=O) groups is 2. The lowest BCUT2D eigenvalue weighted by molar-refractivity contribution is -0.155. The van der Waals surface area contributed by atoms with E-state index in [0.717, 1.165) is 0 Å². The molecular weight excluding hydrogens is 284 g/mol. The lowest BCUT2D eigenvalue weighted by Crippen LogP contribution is -2.35. The van der Waals surface area contributed by atoms with Crippen LogP contribution in [0.25, 0.3) is 0 Å². The van der Waals surface area contributed by atoms with Crippen LogP contribution in [0.1, 0.15) is 45.4 Å². The molecule has 0 saturated heterocycles. The fraction of sp³-hybridized carbons (Fsp3) is 0.647. The second-order valence-electron chi connectivity index (χ2n) is 5.41. The Morgan fingerprint density at radius 2 is 1.41 bits per heavy atom. The van der Waals surface area contributed by atoms with Gasteiger partial charge in [0, 0.05) is 25.7 Å². The molecule has 5 nitrogen and oxygen atoms in total. The molecule has 0 bridgehead atoms. The van der Waals surface area contributed by atoms with E-state index in [1.807, 2.05) is 0 Å². The normalized spacial score (nSPS) is 10.4. The van der Waals surface area contributed by atoms with Gasteiger partial charge in [0.05, 0.1) is 12.0 Å². The predicted molar refractivity (Wildman–Crippen MR) is 82.5 cm³/mol. The maximum absolute atomic E-state index is 11.5. The number of ether oxygens (including phenoxy) is 2. The van der Waals surface area contributed by atoms with Gasteiger partial charge in [-0.2, -0.15) is 0 Å². The van der Waals surface area contributed by atoms with Gasteiger partial charge in [0.2, 0.25) is 0 Å². The lowest BCUT2D eigenvalue weighted by atomic mass is 9.94. The van der Waals surface area contributed by atoms with Gasteiger partial charge in [-0.3, -0.25) is 9.59 Å². The first kappa shape index (κ1) is 20.0. The molecular formula is C17H24O5. The highest BCUT2D eigenvalue weighted by atomic mass is 16.5. The van der Waals surface area contributed by atoms with E-state index in [1.54, 1.807) is 6.92 Å². The standard InChI is InChI=1S/C17H24O5/c1-4-6-8-10-15(19)21-13-17(3,12-18)14-22-16(20)11-9-7-5-2/h1-2,18H,6-14H2,3H3. The van der Waals surface area contributed by atoms with E-state index < -0.39 is 5.41 Å².